The number of aromatic nitrogens is 5. The van der Waals surface area contributed by atoms with Crippen LogP contribution in [0.3, 0.4) is 0 Å². The van der Waals surface area contributed by atoms with Gasteiger partial charge in [-0.3, -0.25) is 4.57 Å². The van der Waals surface area contributed by atoms with Crippen molar-refractivity contribution in [2.24, 2.45) is 0 Å². The molecule has 0 aliphatic carbocycles. The van der Waals surface area contributed by atoms with Gasteiger partial charge in [-0.2, -0.15) is 13.2 Å². The van der Waals surface area contributed by atoms with Crippen LogP contribution in [0.5, 0.6) is 0 Å². The number of nitrogens with two attached hydrogens (primary N) is 1. The zero-order valence-electron chi connectivity index (χ0n) is 14.2. The fraction of sp³-hybridized carbons (Fsp3) is 0.0588. The Bertz CT molecular complexity index is 1190. The molecule has 0 spiro atoms. The van der Waals surface area contributed by atoms with E-state index in [9.17, 15) is 13.2 Å². The molecule has 3 aromatic heterocycles. The molecule has 148 valence electrons. The third kappa shape index (κ3) is 3.52. The summed E-state index contributed by atoms with van der Waals surface area (Å²) < 4.78 is 39.5. The minimum absolute atomic E-state index is 0.0593. The summed E-state index contributed by atoms with van der Waals surface area (Å²) in [6.07, 6.45) is -2.23. The Morgan fingerprint density at radius 3 is 2.34 bits per heavy atom. The lowest BCUT2D eigenvalue weighted by atomic mass is 10.3. The molecule has 0 atom stereocenters. The van der Waals surface area contributed by atoms with Gasteiger partial charge in [0.15, 0.2) is 17.0 Å². The predicted molar refractivity (Wildman–Crippen MR) is 104 cm³/mol. The third-order valence-corrected chi connectivity index (χ3v) is 4.56. The van der Waals surface area contributed by atoms with Crippen LogP contribution >= 0.6 is 23.2 Å². The van der Waals surface area contributed by atoms with E-state index in [4.69, 9.17) is 28.9 Å². The highest BCUT2D eigenvalue weighted by Crippen LogP contribution is 2.34. The first-order chi connectivity index (χ1) is 13.8. The largest absolute Gasteiger partial charge is 0.433 e. The molecule has 0 amide bonds. The summed E-state index contributed by atoms with van der Waals surface area (Å²) in [6, 6.07) is 7.06. The van der Waals surface area contributed by atoms with E-state index < -0.39 is 11.9 Å². The van der Waals surface area contributed by atoms with Gasteiger partial charge in [0.05, 0.1) is 27.6 Å². The van der Waals surface area contributed by atoms with Gasteiger partial charge in [-0.1, -0.05) is 29.3 Å². The standard InChI is InChI=1S/C17H10Cl2F3N7/c18-9-2-1-3-10(19)13(9)29-15-12(28-16(29)23)14(25-7-26-15)27-8-4-5-11(24-6-8)17(20,21)22/h1-7H,(H2,23,28)(H,25,26,27). The molecule has 7 nitrogen and oxygen atoms in total. The summed E-state index contributed by atoms with van der Waals surface area (Å²) in [5.74, 6) is 0.286. The highest BCUT2D eigenvalue weighted by Gasteiger charge is 2.32. The number of benzene rings is 1. The maximum Gasteiger partial charge on any atom is 0.433 e. The fourth-order valence-corrected chi connectivity index (χ4v) is 3.26. The summed E-state index contributed by atoms with van der Waals surface area (Å²) in [6.45, 7) is 0. The first-order valence-corrected chi connectivity index (χ1v) is 8.75. The number of pyridine rings is 1. The quantitative estimate of drug-likeness (QED) is 0.473. The number of hydrogen-bond donors (Lipinski definition) is 2. The van der Waals surface area contributed by atoms with Crippen LogP contribution in [0.1, 0.15) is 5.69 Å². The average molecular weight is 440 g/mol. The van der Waals surface area contributed by atoms with E-state index in [1.165, 1.54) is 17.0 Å². The maximum atomic E-state index is 12.7. The monoisotopic (exact) mass is 439 g/mol. The number of halogens is 5. The van der Waals surface area contributed by atoms with Crippen LogP contribution in [-0.4, -0.2) is 24.5 Å². The Kier molecular flexibility index (Phi) is 4.67. The molecule has 4 rings (SSSR count). The zero-order chi connectivity index (χ0) is 20.8. The van der Waals surface area contributed by atoms with Crippen molar-refractivity contribution in [2.75, 3.05) is 11.1 Å². The molecule has 0 aliphatic heterocycles. The number of nitrogen functional groups attached to an aromatic ring is 1. The smallest absolute Gasteiger partial charge is 0.369 e. The first-order valence-electron chi connectivity index (χ1n) is 7.99. The van der Waals surface area contributed by atoms with Gasteiger partial charge in [0.25, 0.3) is 0 Å². The number of hydrogen-bond acceptors (Lipinski definition) is 6. The number of anilines is 3. The molecule has 0 unspecified atom stereocenters. The minimum Gasteiger partial charge on any atom is -0.369 e. The molecule has 3 heterocycles. The predicted octanol–water partition coefficient (Wildman–Crippen LogP) is 4.86. The summed E-state index contributed by atoms with van der Waals surface area (Å²) >= 11 is 12.5. The zero-order valence-corrected chi connectivity index (χ0v) is 15.8. The number of nitrogens with one attached hydrogen (secondary N) is 1. The van der Waals surface area contributed by atoms with Gasteiger partial charge in [-0.25, -0.2) is 19.9 Å². The molecule has 0 saturated carbocycles. The normalized spacial score (nSPS) is 11.8. The van der Waals surface area contributed by atoms with Gasteiger partial charge in [0, 0.05) is 0 Å². The van der Waals surface area contributed by atoms with E-state index in [2.05, 4.69) is 25.3 Å². The second-order valence-corrected chi connectivity index (χ2v) is 6.64. The molecule has 4 aromatic rings. The number of nitrogens with zero attached hydrogens (tertiary/aromatic N) is 5. The molecule has 12 heteroatoms. The van der Waals surface area contributed by atoms with Crippen molar-refractivity contribution in [2.45, 2.75) is 6.18 Å². The number of rotatable bonds is 3. The number of para-hydroxylation sites is 1. The van der Waals surface area contributed by atoms with Gasteiger partial charge in [0.1, 0.15) is 12.0 Å². The van der Waals surface area contributed by atoms with E-state index in [0.29, 0.717) is 21.4 Å². The molecule has 0 bridgehead atoms. The van der Waals surface area contributed by atoms with Crippen LogP contribution in [0.25, 0.3) is 16.9 Å². The van der Waals surface area contributed by atoms with Gasteiger partial charge >= 0.3 is 6.18 Å². The highest BCUT2D eigenvalue weighted by atomic mass is 35.5. The fourth-order valence-electron chi connectivity index (χ4n) is 2.70. The van der Waals surface area contributed by atoms with E-state index in [1.807, 2.05) is 0 Å². The summed E-state index contributed by atoms with van der Waals surface area (Å²) in [5, 5.41) is 3.54. The van der Waals surface area contributed by atoms with Gasteiger partial charge in [-0.05, 0) is 24.3 Å². The summed E-state index contributed by atoms with van der Waals surface area (Å²) in [5.41, 5.74) is 6.33. The van der Waals surface area contributed by atoms with Crippen LogP contribution in [0.2, 0.25) is 10.0 Å². The Hall–Kier alpha value is -3.11. The minimum atomic E-state index is -4.53. The maximum absolute atomic E-state index is 12.7. The SMILES string of the molecule is Nc1nc2c(Nc3ccc(C(F)(F)F)nc3)ncnc2n1-c1c(Cl)cccc1Cl. The van der Waals surface area contributed by atoms with Crippen molar-refractivity contribution < 1.29 is 13.2 Å². The van der Waals surface area contributed by atoms with E-state index in [-0.39, 0.29) is 23.0 Å². The van der Waals surface area contributed by atoms with E-state index >= 15 is 0 Å². The molecule has 3 N–H and O–H groups in total. The second kappa shape index (κ2) is 7.05. The van der Waals surface area contributed by atoms with Crippen molar-refractivity contribution in [1.82, 2.24) is 24.5 Å². The molecular formula is C17H10Cl2F3N7. The molecular weight excluding hydrogens is 430 g/mol. The molecule has 0 aliphatic rings. The second-order valence-electron chi connectivity index (χ2n) is 5.83. The highest BCUT2D eigenvalue weighted by molar-refractivity contribution is 6.38. The molecule has 0 saturated heterocycles. The Morgan fingerprint density at radius 1 is 1.00 bits per heavy atom. The van der Waals surface area contributed by atoms with Crippen molar-refractivity contribution in [3.05, 3.63) is 58.6 Å². The molecule has 0 radical (unpaired) electrons. The Labute approximate surface area is 171 Å². The topological polar surface area (TPSA) is 94.5 Å². The molecule has 1 aromatic carbocycles. The number of fused-ring (bicyclic) bond motifs is 1. The van der Waals surface area contributed by atoms with E-state index in [1.54, 1.807) is 18.2 Å². The number of imidazole rings is 1. The molecule has 29 heavy (non-hydrogen) atoms. The lowest BCUT2D eigenvalue weighted by molar-refractivity contribution is -0.141. The van der Waals surface area contributed by atoms with Gasteiger partial charge < -0.3 is 11.1 Å². The van der Waals surface area contributed by atoms with Crippen LogP contribution in [-0.2, 0) is 6.18 Å². The molecule has 0 fully saturated rings. The van der Waals surface area contributed by atoms with Gasteiger partial charge in [-0.15, -0.1) is 0 Å². The van der Waals surface area contributed by atoms with Crippen LogP contribution in [0.4, 0.5) is 30.6 Å². The average Bonchev–Trinajstić information content (AvgIpc) is 2.99. The van der Waals surface area contributed by atoms with Crippen LogP contribution in [0.15, 0.2) is 42.9 Å². The number of alkyl halides is 3. The lowest BCUT2D eigenvalue weighted by Gasteiger charge is -2.10. The van der Waals surface area contributed by atoms with Crippen molar-refractivity contribution in [3.63, 3.8) is 0 Å². The van der Waals surface area contributed by atoms with Crippen LogP contribution in [0, 0.1) is 0 Å². The summed E-state index contributed by atoms with van der Waals surface area (Å²) in [4.78, 5) is 16.0. The van der Waals surface area contributed by atoms with Gasteiger partial charge in [0.2, 0.25) is 5.95 Å². The van der Waals surface area contributed by atoms with E-state index in [0.717, 1.165) is 12.3 Å². The lowest BCUT2D eigenvalue weighted by Crippen LogP contribution is -2.07. The first kappa shape index (κ1) is 19.2. The van der Waals surface area contributed by atoms with Crippen LogP contribution < -0.4 is 11.1 Å². The van der Waals surface area contributed by atoms with Crippen molar-refractivity contribution in [3.8, 4) is 5.69 Å². The van der Waals surface area contributed by atoms with Crippen molar-refractivity contribution in [1.29, 1.82) is 0 Å². The Morgan fingerprint density at radius 2 is 1.72 bits per heavy atom. The third-order valence-electron chi connectivity index (χ3n) is 3.95. The Balaban J connectivity index is 1.78. The van der Waals surface area contributed by atoms with Crippen molar-refractivity contribution >= 4 is 51.8 Å². The summed E-state index contributed by atoms with van der Waals surface area (Å²) in [7, 11) is 0.